The zero-order valence-corrected chi connectivity index (χ0v) is 7.44. The molecule has 2 nitrogen and oxygen atoms in total. The third-order valence-electron chi connectivity index (χ3n) is 1.54. The van der Waals surface area contributed by atoms with Crippen molar-refractivity contribution in [2.45, 2.75) is 19.1 Å². The number of hydrogen-bond acceptors (Lipinski definition) is 2. The fourth-order valence-electron chi connectivity index (χ4n) is 0.918. The predicted molar refractivity (Wildman–Crippen MR) is 50.9 cm³/mol. The van der Waals surface area contributed by atoms with E-state index >= 15 is 0 Å². The second-order valence-electron chi connectivity index (χ2n) is 2.78. The van der Waals surface area contributed by atoms with Gasteiger partial charge in [0.1, 0.15) is 12.2 Å². The van der Waals surface area contributed by atoms with E-state index in [-0.39, 0.29) is 0 Å². The molecule has 0 bridgehead atoms. The van der Waals surface area contributed by atoms with E-state index in [0.29, 0.717) is 0 Å². The van der Waals surface area contributed by atoms with Crippen LogP contribution in [0.25, 0.3) is 0 Å². The van der Waals surface area contributed by atoms with Crippen molar-refractivity contribution in [2.75, 3.05) is 0 Å². The number of hydrogen-bond donors (Lipinski definition) is 2. The summed E-state index contributed by atoms with van der Waals surface area (Å²) in [5, 5.41) is 18.3. The Morgan fingerprint density at radius 2 is 1.69 bits per heavy atom. The smallest absolute Gasteiger partial charge is 0.140 e. The molecule has 0 amide bonds. The molecule has 0 heterocycles. The Hall–Kier alpha value is -1.30. The van der Waals surface area contributed by atoms with Crippen LogP contribution >= 0.6 is 0 Å². The average Bonchev–Trinajstić information content (AvgIpc) is 2.15. The monoisotopic (exact) mass is 176 g/mol. The third kappa shape index (κ3) is 3.29. The molecule has 0 aliphatic heterocycles. The predicted octanol–water partition coefficient (Wildman–Crippen LogP) is 1.10. The summed E-state index contributed by atoms with van der Waals surface area (Å²) < 4.78 is 0. The second-order valence-corrected chi connectivity index (χ2v) is 2.78. The molecule has 0 aromatic heterocycles. The molecule has 0 unspecified atom stereocenters. The first-order valence-corrected chi connectivity index (χ1v) is 4.12. The highest BCUT2D eigenvalue weighted by Crippen LogP contribution is 2.09. The van der Waals surface area contributed by atoms with Gasteiger partial charge in [-0.3, -0.25) is 0 Å². The Bertz CT molecular complexity index is 306. The minimum absolute atomic E-state index is 0.696. The van der Waals surface area contributed by atoms with Crippen LogP contribution in [0.3, 0.4) is 0 Å². The van der Waals surface area contributed by atoms with Crippen LogP contribution in [0.1, 0.15) is 18.6 Å². The SMILES string of the molecule is C[C@H](O)C#C[C@@H](O)c1ccccc1. The number of aliphatic hydroxyl groups is 2. The van der Waals surface area contributed by atoms with E-state index in [1.165, 1.54) is 0 Å². The van der Waals surface area contributed by atoms with E-state index in [0.717, 1.165) is 5.56 Å². The highest BCUT2D eigenvalue weighted by molar-refractivity contribution is 5.25. The number of rotatable bonds is 1. The van der Waals surface area contributed by atoms with Crippen molar-refractivity contribution >= 4 is 0 Å². The Morgan fingerprint density at radius 1 is 1.08 bits per heavy atom. The molecular formula is C11H12O2. The van der Waals surface area contributed by atoms with Crippen LogP contribution in [-0.2, 0) is 0 Å². The largest absolute Gasteiger partial charge is 0.381 e. The van der Waals surface area contributed by atoms with Crippen LogP contribution in [0.15, 0.2) is 30.3 Å². The van der Waals surface area contributed by atoms with Gasteiger partial charge in [-0.2, -0.15) is 0 Å². The van der Waals surface area contributed by atoms with Crippen LogP contribution in [0.5, 0.6) is 0 Å². The van der Waals surface area contributed by atoms with Gasteiger partial charge in [0.25, 0.3) is 0 Å². The zero-order valence-electron chi connectivity index (χ0n) is 7.44. The maximum atomic E-state index is 9.48. The van der Waals surface area contributed by atoms with Crippen molar-refractivity contribution in [3.8, 4) is 11.8 Å². The Labute approximate surface area is 77.8 Å². The Kier molecular flexibility index (Phi) is 3.51. The van der Waals surface area contributed by atoms with Crippen molar-refractivity contribution in [1.82, 2.24) is 0 Å². The normalized spacial score (nSPS) is 14.1. The summed E-state index contributed by atoms with van der Waals surface area (Å²) in [6.07, 6.45) is -1.51. The van der Waals surface area contributed by atoms with E-state index in [4.69, 9.17) is 5.11 Å². The molecule has 1 aromatic carbocycles. The highest BCUT2D eigenvalue weighted by atomic mass is 16.3. The molecule has 13 heavy (non-hydrogen) atoms. The standard InChI is InChI=1S/C11H12O2/c1-9(12)7-8-11(13)10-5-3-2-4-6-10/h2-6,9,11-13H,1H3/t9-,11+/m0/s1. The topological polar surface area (TPSA) is 40.5 Å². The van der Waals surface area contributed by atoms with E-state index in [1.54, 1.807) is 19.1 Å². The molecule has 0 fully saturated rings. The van der Waals surface area contributed by atoms with Crippen LogP contribution in [0, 0.1) is 11.8 Å². The van der Waals surface area contributed by atoms with Crippen molar-refractivity contribution in [3.05, 3.63) is 35.9 Å². The fraction of sp³-hybridized carbons (Fsp3) is 0.273. The summed E-state index contributed by atoms with van der Waals surface area (Å²) >= 11 is 0. The van der Waals surface area contributed by atoms with Crippen LogP contribution < -0.4 is 0 Å². The van der Waals surface area contributed by atoms with Crippen molar-refractivity contribution in [3.63, 3.8) is 0 Å². The van der Waals surface area contributed by atoms with Gasteiger partial charge in [-0.1, -0.05) is 42.2 Å². The van der Waals surface area contributed by atoms with Gasteiger partial charge in [0.2, 0.25) is 0 Å². The summed E-state index contributed by atoms with van der Waals surface area (Å²) in [5.74, 6) is 5.05. The van der Waals surface area contributed by atoms with Crippen LogP contribution in [-0.4, -0.2) is 16.3 Å². The maximum Gasteiger partial charge on any atom is 0.140 e. The number of aliphatic hydroxyl groups excluding tert-OH is 2. The fourth-order valence-corrected chi connectivity index (χ4v) is 0.918. The van der Waals surface area contributed by atoms with Gasteiger partial charge < -0.3 is 10.2 Å². The number of benzene rings is 1. The van der Waals surface area contributed by atoms with E-state index < -0.39 is 12.2 Å². The minimum Gasteiger partial charge on any atom is -0.381 e. The van der Waals surface area contributed by atoms with Gasteiger partial charge in [0.05, 0.1) is 0 Å². The quantitative estimate of drug-likeness (QED) is 0.629. The Morgan fingerprint density at radius 3 is 2.23 bits per heavy atom. The first-order chi connectivity index (χ1) is 6.20. The Balaban J connectivity index is 2.71. The van der Waals surface area contributed by atoms with Crippen molar-refractivity contribution in [2.24, 2.45) is 0 Å². The molecule has 0 saturated carbocycles. The van der Waals surface area contributed by atoms with Gasteiger partial charge in [0.15, 0.2) is 0 Å². The van der Waals surface area contributed by atoms with Crippen molar-refractivity contribution in [1.29, 1.82) is 0 Å². The molecular weight excluding hydrogens is 164 g/mol. The third-order valence-corrected chi connectivity index (χ3v) is 1.54. The first-order valence-electron chi connectivity index (χ1n) is 4.12. The van der Waals surface area contributed by atoms with Gasteiger partial charge in [-0.25, -0.2) is 0 Å². The minimum atomic E-state index is -0.809. The van der Waals surface area contributed by atoms with E-state index in [1.807, 2.05) is 18.2 Å². The molecule has 0 radical (unpaired) electrons. The van der Waals surface area contributed by atoms with Gasteiger partial charge in [-0.05, 0) is 12.5 Å². The molecule has 2 atom stereocenters. The maximum absolute atomic E-state index is 9.48. The highest BCUT2D eigenvalue weighted by Gasteiger charge is 2.00. The summed E-state index contributed by atoms with van der Waals surface area (Å²) in [6, 6.07) is 9.13. The molecule has 68 valence electrons. The summed E-state index contributed by atoms with van der Waals surface area (Å²) in [5.41, 5.74) is 0.746. The average molecular weight is 176 g/mol. The zero-order chi connectivity index (χ0) is 9.68. The molecule has 0 saturated heterocycles. The summed E-state index contributed by atoms with van der Waals surface area (Å²) in [6.45, 7) is 1.56. The lowest BCUT2D eigenvalue weighted by molar-refractivity contribution is 0.233. The molecule has 1 rings (SSSR count). The lowest BCUT2D eigenvalue weighted by Gasteiger charge is -2.02. The van der Waals surface area contributed by atoms with Crippen LogP contribution in [0.2, 0.25) is 0 Å². The van der Waals surface area contributed by atoms with E-state index in [9.17, 15) is 5.11 Å². The molecule has 0 spiro atoms. The van der Waals surface area contributed by atoms with Gasteiger partial charge in [0, 0.05) is 0 Å². The molecule has 2 heteroatoms. The first kappa shape index (κ1) is 9.79. The molecule has 1 aromatic rings. The molecule has 2 N–H and O–H groups in total. The lowest BCUT2D eigenvalue weighted by atomic mass is 10.1. The van der Waals surface area contributed by atoms with E-state index in [2.05, 4.69) is 11.8 Å². The van der Waals surface area contributed by atoms with Gasteiger partial charge >= 0.3 is 0 Å². The summed E-state index contributed by atoms with van der Waals surface area (Å²) in [7, 11) is 0. The van der Waals surface area contributed by atoms with Crippen LogP contribution in [0.4, 0.5) is 0 Å². The second kappa shape index (κ2) is 4.66. The lowest BCUT2D eigenvalue weighted by Crippen LogP contribution is -1.97. The van der Waals surface area contributed by atoms with Crippen molar-refractivity contribution < 1.29 is 10.2 Å². The molecule has 0 aliphatic rings. The summed E-state index contributed by atoms with van der Waals surface area (Å²) in [4.78, 5) is 0. The van der Waals surface area contributed by atoms with Gasteiger partial charge in [-0.15, -0.1) is 0 Å². The molecule has 0 aliphatic carbocycles.